The Labute approximate surface area is 138 Å². The second-order valence-electron chi connectivity index (χ2n) is 4.94. The Balaban J connectivity index is 2.33. The highest BCUT2D eigenvalue weighted by atomic mass is 79.9. The van der Waals surface area contributed by atoms with Gasteiger partial charge >= 0.3 is 0 Å². The molecule has 0 N–H and O–H groups in total. The molecule has 1 fully saturated rings. The fourth-order valence-corrected chi connectivity index (χ4v) is 5.54. The molecule has 0 radical (unpaired) electrons. The molecule has 4 nitrogen and oxygen atoms in total. The van der Waals surface area contributed by atoms with Crippen LogP contribution in [0.15, 0.2) is 22.7 Å². The molecule has 1 aromatic rings. The van der Waals surface area contributed by atoms with Gasteiger partial charge in [0.15, 0.2) is 9.84 Å². The molecule has 1 aliphatic heterocycles. The first-order valence-corrected chi connectivity index (χ1v) is 10.4. The lowest BCUT2D eigenvalue weighted by atomic mass is 10.1. The predicted molar refractivity (Wildman–Crippen MR) is 90.5 cm³/mol. The summed E-state index contributed by atoms with van der Waals surface area (Å²) >= 11 is 5.00. The Kier molecular flexibility index (Phi) is 5.38. The number of hydrogen-bond donors (Lipinski definition) is 0. The lowest BCUT2D eigenvalue weighted by Gasteiger charge is -2.34. The molecule has 0 aliphatic carbocycles. The maximum absolute atomic E-state index is 12.7. The van der Waals surface area contributed by atoms with Gasteiger partial charge in [-0.15, -0.1) is 0 Å². The SMILES string of the molecule is CCS(=O)(=O)C1CSCCN1C(=O)c1ccc(C)c(Br)c1. The van der Waals surface area contributed by atoms with E-state index in [9.17, 15) is 13.2 Å². The van der Waals surface area contributed by atoms with Crippen molar-refractivity contribution < 1.29 is 13.2 Å². The van der Waals surface area contributed by atoms with Gasteiger partial charge in [0.1, 0.15) is 5.37 Å². The van der Waals surface area contributed by atoms with Crippen molar-refractivity contribution in [2.45, 2.75) is 19.2 Å². The van der Waals surface area contributed by atoms with E-state index in [2.05, 4.69) is 15.9 Å². The second kappa shape index (κ2) is 6.71. The number of benzene rings is 1. The van der Waals surface area contributed by atoms with E-state index in [0.29, 0.717) is 17.9 Å². The molecule has 0 aromatic heterocycles. The minimum atomic E-state index is -3.27. The number of aryl methyl sites for hydroxylation is 1. The van der Waals surface area contributed by atoms with Crippen LogP contribution in [-0.2, 0) is 9.84 Å². The maximum Gasteiger partial charge on any atom is 0.255 e. The molecule has 1 saturated heterocycles. The normalized spacial score (nSPS) is 19.6. The average molecular weight is 392 g/mol. The molecule has 116 valence electrons. The van der Waals surface area contributed by atoms with Crippen LogP contribution >= 0.6 is 27.7 Å². The van der Waals surface area contributed by atoms with E-state index in [0.717, 1.165) is 15.8 Å². The van der Waals surface area contributed by atoms with Gasteiger partial charge in [-0.25, -0.2) is 8.42 Å². The molecule has 1 aliphatic rings. The van der Waals surface area contributed by atoms with Gasteiger partial charge < -0.3 is 4.90 Å². The first kappa shape index (κ1) is 16.8. The number of nitrogens with zero attached hydrogens (tertiary/aromatic N) is 1. The van der Waals surface area contributed by atoms with Crippen molar-refractivity contribution in [2.75, 3.05) is 23.8 Å². The molecule has 0 bridgehead atoms. The van der Waals surface area contributed by atoms with Gasteiger partial charge in [0, 0.05) is 33.8 Å². The van der Waals surface area contributed by atoms with Crippen molar-refractivity contribution in [1.82, 2.24) is 4.90 Å². The number of halogens is 1. The summed E-state index contributed by atoms with van der Waals surface area (Å²) in [5.41, 5.74) is 1.56. The molecule has 2 rings (SSSR count). The number of sulfone groups is 1. The zero-order valence-electron chi connectivity index (χ0n) is 12.0. The van der Waals surface area contributed by atoms with Crippen molar-refractivity contribution in [3.8, 4) is 0 Å². The molecule has 1 aromatic carbocycles. The molecular weight excluding hydrogens is 374 g/mol. The van der Waals surface area contributed by atoms with E-state index in [1.807, 2.05) is 13.0 Å². The predicted octanol–water partition coefficient (Wildman–Crippen LogP) is 2.71. The molecule has 0 saturated carbocycles. The van der Waals surface area contributed by atoms with Crippen molar-refractivity contribution in [1.29, 1.82) is 0 Å². The Hall–Kier alpha value is -0.530. The van der Waals surface area contributed by atoms with E-state index in [1.54, 1.807) is 30.8 Å². The Morgan fingerprint density at radius 2 is 2.19 bits per heavy atom. The van der Waals surface area contributed by atoms with Crippen LogP contribution in [-0.4, -0.2) is 48.4 Å². The quantitative estimate of drug-likeness (QED) is 0.794. The van der Waals surface area contributed by atoms with Gasteiger partial charge in [-0.1, -0.05) is 28.9 Å². The summed E-state index contributed by atoms with van der Waals surface area (Å²) in [5.74, 6) is 1.07. The van der Waals surface area contributed by atoms with Gasteiger partial charge in [0.05, 0.1) is 0 Å². The molecule has 7 heteroatoms. The molecular formula is C14H18BrNO3S2. The molecule has 21 heavy (non-hydrogen) atoms. The zero-order chi connectivity index (χ0) is 15.6. The summed E-state index contributed by atoms with van der Waals surface area (Å²) < 4.78 is 25.3. The van der Waals surface area contributed by atoms with Gasteiger partial charge in [0.25, 0.3) is 5.91 Å². The van der Waals surface area contributed by atoms with Gasteiger partial charge in [-0.3, -0.25) is 4.79 Å². The van der Waals surface area contributed by atoms with E-state index >= 15 is 0 Å². The maximum atomic E-state index is 12.7. The highest BCUT2D eigenvalue weighted by Gasteiger charge is 2.36. The van der Waals surface area contributed by atoms with Crippen molar-refractivity contribution >= 4 is 43.4 Å². The molecule has 1 unspecified atom stereocenters. The van der Waals surface area contributed by atoms with Crippen LogP contribution in [0.1, 0.15) is 22.8 Å². The van der Waals surface area contributed by atoms with Crippen LogP contribution < -0.4 is 0 Å². The van der Waals surface area contributed by atoms with Crippen LogP contribution in [0.25, 0.3) is 0 Å². The summed E-state index contributed by atoms with van der Waals surface area (Å²) in [6.45, 7) is 4.04. The molecule has 1 heterocycles. The monoisotopic (exact) mass is 391 g/mol. The first-order chi connectivity index (χ1) is 9.86. The number of hydrogen-bond acceptors (Lipinski definition) is 4. The third kappa shape index (κ3) is 3.63. The number of thioether (sulfide) groups is 1. The summed E-state index contributed by atoms with van der Waals surface area (Å²) in [6.07, 6.45) is 0. The van der Waals surface area contributed by atoms with E-state index in [4.69, 9.17) is 0 Å². The van der Waals surface area contributed by atoms with Crippen LogP contribution in [0.4, 0.5) is 0 Å². The van der Waals surface area contributed by atoms with Crippen LogP contribution in [0.3, 0.4) is 0 Å². The van der Waals surface area contributed by atoms with Gasteiger partial charge in [0.2, 0.25) is 0 Å². The number of carbonyl (C=O) groups is 1. The zero-order valence-corrected chi connectivity index (χ0v) is 15.2. The smallest absolute Gasteiger partial charge is 0.255 e. The molecule has 0 spiro atoms. The summed E-state index contributed by atoms with van der Waals surface area (Å²) in [4.78, 5) is 14.2. The minimum Gasteiger partial charge on any atom is -0.320 e. The fourth-order valence-electron chi connectivity index (χ4n) is 2.19. The standard InChI is InChI=1S/C14H18BrNO3S2/c1-3-21(18,19)13-9-20-7-6-16(13)14(17)11-5-4-10(2)12(15)8-11/h4-5,8,13H,3,6-7,9H2,1-2H3. The number of rotatable bonds is 3. The van der Waals surface area contributed by atoms with Crippen molar-refractivity contribution in [2.24, 2.45) is 0 Å². The highest BCUT2D eigenvalue weighted by molar-refractivity contribution is 9.10. The summed E-state index contributed by atoms with van der Waals surface area (Å²) in [7, 11) is -3.27. The van der Waals surface area contributed by atoms with E-state index < -0.39 is 15.2 Å². The minimum absolute atomic E-state index is 0.0552. The average Bonchev–Trinajstić information content (AvgIpc) is 2.49. The Morgan fingerprint density at radius 1 is 1.48 bits per heavy atom. The summed E-state index contributed by atoms with van der Waals surface area (Å²) in [5, 5.41) is -0.714. The van der Waals surface area contributed by atoms with Crippen LogP contribution in [0.2, 0.25) is 0 Å². The molecule has 1 amide bonds. The van der Waals surface area contributed by atoms with E-state index in [-0.39, 0.29) is 11.7 Å². The fraction of sp³-hybridized carbons (Fsp3) is 0.500. The van der Waals surface area contributed by atoms with Crippen LogP contribution in [0, 0.1) is 6.92 Å². The lowest BCUT2D eigenvalue weighted by Crippen LogP contribution is -2.50. The third-order valence-corrected chi connectivity index (χ3v) is 7.72. The Morgan fingerprint density at radius 3 is 2.81 bits per heavy atom. The van der Waals surface area contributed by atoms with E-state index in [1.165, 1.54) is 4.90 Å². The molecule has 1 atom stereocenters. The van der Waals surface area contributed by atoms with Crippen LogP contribution in [0.5, 0.6) is 0 Å². The highest BCUT2D eigenvalue weighted by Crippen LogP contribution is 2.25. The Bertz CT molecular complexity index is 646. The van der Waals surface area contributed by atoms with Crippen molar-refractivity contribution in [3.05, 3.63) is 33.8 Å². The number of amides is 1. The third-order valence-electron chi connectivity index (χ3n) is 3.58. The first-order valence-electron chi connectivity index (χ1n) is 6.73. The summed E-state index contributed by atoms with van der Waals surface area (Å²) in [6, 6.07) is 5.37. The topological polar surface area (TPSA) is 54.5 Å². The largest absolute Gasteiger partial charge is 0.320 e. The second-order valence-corrected chi connectivity index (χ2v) is 9.40. The number of carbonyl (C=O) groups excluding carboxylic acids is 1. The van der Waals surface area contributed by atoms with Gasteiger partial charge in [-0.05, 0) is 24.6 Å². The van der Waals surface area contributed by atoms with Gasteiger partial charge in [-0.2, -0.15) is 11.8 Å². The lowest BCUT2D eigenvalue weighted by molar-refractivity contribution is 0.0749. The van der Waals surface area contributed by atoms with Crippen molar-refractivity contribution in [3.63, 3.8) is 0 Å².